The number of benzene rings is 2. The molecule has 0 aliphatic heterocycles. The summed E-state index contributed by atoms with van der Waals surface area (Å²) in [5.74, 6) is -0.0608. The second-order valence-corrected chi connectivity index (χ2v) is 5.75. The minimum atomic E-state index is -1.23. The SMILES string of the molecule is CCOC(=O)c1ccc([C@@H](Nc2ccc(OC)cc2)[C@@H](O)C(C)=O)cc1. The molecule has 0 fully saturated rings. The van der Waals surface area contributed by atoms with Crippen LogP contribution < -0.4 is 10.1 Å². The van der Waals surface area contributed by atoms with Gasteiger partial charge in [-0.3, -0.25) is 4.79 Å². The average Bonchev–Trinajstić information content (AvgIpc) is 2.66. The lowest BCUT2D eigenvalue weighted by Gasteiger charge is -2.24. The lowest BCUT2D eigenvalue weighted by molar-refractivity contribution is -0.125. The van der Waals surface area contributed by atoms with E-state index < -0.39 is 18.1 Å². The van der Waals surface area contributed by atoms with Crippen molar-refractivity contribution in [1.82, 2.24) is 0 Å². The standard InChI is InChI=1S/C20H23NO5/c1-4-26-20(24)15-7-5-14(6-8-15)18(19(23)13(2)22)21-16-9-11-17(25-3)12-10-16/h5-12,18-19,21,23H,4H2,1-3H3/t18-,19+/m1/s1. The third-order valence-corrected chi connectivity index (χ3v) is 3.93. The summed E-state index contributed by atoms with van der Waals surface area (Å²) >= 11 is 0. The number of ether oxygens (including phenoxy) is 2. The number of methoxy groups -OCH3 is 1. The Labute approximate surface area is 152 Å². The Hall–Kier alpha value is -2.86. The number of hydrogen-bond acceptors (Lipinski definition) is 6. The van der Waals surface area contributed by atoms with Gasteiger partial charge in [0, 0.05) is 5.69 Å². The summed E-state index contributed by atoms with van der Waals surface area (Å²) in [6, 6.07) is 13.1. The molecule has 0 spiro atoms. The second-order valence-electron chi connectivity index (χ2n) is 5.75. The molecule has 0 amide bonds. The minimum Gasteiger partial charge on any atom is -0.497 e. The van der Waals surface area contributed by atoms with Crippen LogP contribution in [0.2, 0.25) is 0 Å². The molecule has 2 rings (SSSR count). The van der Waals surface area contributed by atoms with Gasteiger partial charge in [-0.25, -0.2) is 4.79 Å². The Morgan fingerprint density at radius 2 is 1.69 bits per heavy atom. The molecule has 0 radical (unpaired) electrons. The Morgan fingerprint density at radius 3 is 2.19 bits per heavy atom. The van der Waals surface area contributed by atoms with E-state index in [1.54, 1.807) is 62.6 Å². The van der Waals surface area contributed by atoms with Gasteiger partial charge in [0.05, 0.1) is 25.3 Å². The lowest BCUT2D eigenvalue weighted by Crippen LogP contribution is -2.31. The molecular weight excluding hydrogens is 334 g/mol. The van der Waals surface area contributed by atoms with Crippen LogP contribution in [0.5, 0.6) is 5.75 Å². The number of carbonyl (C=O) groups is 2. The largest absolute Gasteiger partial charge is 0.497 e. The van der Waals surface area contributed by atoms with Gasteiger partial charge in [0.15, 0.2) is 5.78 Å². The van der Waals surface area contributed by atoms with Gasteiger partial charge in [-0.15, -0.1) is 0 Å². The summed E-state index contributed by atoms with van der Waals surface area (Å²) in [6.45, 7) is 3.37. The molecule has 0 saturated heterocycles. The van der Waals surface area contributed by atoms with Crippen LogP contribution in [0, 0.1) is 0 Å². The maximum absolute atomic E-state index is 11.8. The third kappa shape index (κ3) is 4.83. The number of hydrogen-bond donors (Lipinski definition) is 2. The summed E-state index contributed by atoms with van der Waals surface area (Å²) in [5.41, 5.74) is 1.82. The number of aliphatic hydroxyl groups excluding tert-OH is 1. The van der Waals surface area contributed by atoms with Crippen LogP contribution in [-0.4, -0.2) is 36.7 Å². The van der Waals surface area contributed by atoms with Gasteiger partial charge in [-0.05, 0) is 55.8 Å². The van der Waals surface area contributed by atoms with Crippen LogP contribution in [0.15, 0.2) is 48.5 Å². The highest BCUT2D eigenvalue weighted by Gasteiger charge is 2.25. The maximum atomic E-state index is 11.8. The molecule has 2 N–H and O–H groups in total. The quantitative estimate of drug-likeness (QED) is 0.707. The molecule has 0 saturated carbocycles. The van der Waals surface area contributed by atoms with Gasteiger partial charge in [0.1, 0.15) is 11.9 Å². The number of Topliss-reactive ketones (excluding diaryl/α,β-unsaturated/α-hetero) is 1. The van der Waals surface area contributed by atoms with Crippen molar-refractivity contribution < 1.29 is 24.2 Å². The first-order valence-corrected chi connectivity index (χ1v) is 8.32. The van der Waals surface area contributed by atoms with Crippen molar-refractivity contribution in [3.05, 3.63) is 59.7 Å². The number of rotatable bonds is 8. The van der Waals surface area contributed by atoms with E-state index >= 15 is 0 Å². The molecule has 6 heteroatoms. The highest BCUT2D eigenvalue weighted by molar-refractivity contribution is 5.89. The molecule has 2 atom stereocenters. The van der Waals surface area contributed by atoms with E-state index in [9.17, 15) is 14.7 Å². The van der Waals surface area contributed by atoms with E-state index in [1.165, 1.54) is 6.92 Å². The van der Waals surface area contributed by atoms with Gasteiger partial charge in [0.25, 0.3) is 0 Å². The zero-order chi connectivity index (χ0) is 19.1. The highest BCUT2D eigenvalue weighted by atomic mass is 16.5. The van der Waals surface area contributed by atoms with Crippen LogP contribution in [0.3, 0.4) is 0 Å². The monoisotopic (exact) mass is 357 g/mol. The molecule has 0 aliphatic carbocycles. The predicted molar refractivity (Wildman–Crippen MR) is 98.4 cm³/mol. The van der Waals surface area contributed by atoms with Gasteiger partial charge >= 0.3 is 5.97 Å². The van der Waals surface area contributed by atoms with E-state index in [2.05, 4.69) is 5.32 Å². The first-order chi connectivity index (χ1) is 12.5. The molecule has 0 aromatic heterocycles. The van der Waals surface area contributed by atoms with Gasteiger partial charge in [-0.1, -0.05) is 12.1 Å². The smallest absolute Gasteiger partial charge is 0.338 e. The average molecular weight is 357 g/mol. The number of nitrogens with one attached hydrogen (secondary N) is 1. The zero-order valence-corrected chi connectivity index (χ0v) is 15.1. The Bertz CT molecular complexity index is 740. The number of ketones is 1. The molecule has 0 heterocycles. The molecule has 0 bridgehead atoms. The molecule has 6 nitrogen and oxygen atoms in total. The first kappa shape index (κ1) is 19.5. The maximum Gasteiger partial charge on any atom is 0.338 e. The summed E-state index contributed by atoms with van der Waals surface area (Å²) in [6.07, 6.45) is -1.23. The first-order valence-electron chi connectivity index (χ1n) is 8.32. The fourth-order valence-electron chi connectivity index (χ4n) is 2.49. The molecule has 0 unspecified atom stereocenters. The molecule has 0 aliphatic rings. The zero-order valence-electron chi connectivity index (χ0n) is 15.1. The molecule has 2 aromatic rings. The summed E-state index contributed by atoms with van der Waals surface area (Å²) in [5, 5.41) is 13.5. The topological polar surface area (TPSA) is 84.9 Å². The van der Waals surface area contributed by atoms with Crippen LogP contribution in [0.25, 0.3) is 0 Å². The van der Waals surface area contributed by atoms with Crippen LogP contribution in [0.1, 0.15) is 35.8 Å². The Balaban J connectivity index is 2.26. The van der Waals surface area contributed by atoms with Crippen molar-refractivity contribution in [2.75, 3.05) is 19.0 Å². The van der Waals surface area contributed by atoms with Crippen molar-refractivity contribution in [1.29, 1.82) is 0 Å². The summed E-state index contributed by atoms with van der Waals surface area (Å²) < 4.78 is 10.1. The third-order valence-electron chi connectivity index (χ3n) is 3.93. The van der Waals surface area contributed by atoms with E-state index in [0.29, 0.717) is 23.5 Å². The number of aliphatic hydroxyl groups is 1. The number of anilines is 1. The van der Waals surface area contributed by atoms with Crippen molar-refractivity contribution in [3.63, 3.8) is 0 Å². The van der Waals surface area contributed by atoms with E-state index in [-0.39, 0.29) is 5.78 Å². The van der Waals surface area contributed by atoms with Crippen LogP contribution in [-0.2, 0) is 9.53 Å². The van der Waals surface area contributed by atoms with E-state index in [4.69, 9.17) is 9.47 Å². The van der Waals surface area contributed by atoms with E-state index in [0.717, 1.165) is 5.69 Å². The van der Waals surface area contributed by atoms with Gasteiger partial charge < -0.3 is 19.9 Å². The Morgan fingerprint density at radius 1 is 1.08 bits per heavy atom. The fourth-order valence-corrected chi connectivity index (χ4v) is 2.49. The summed E-state index contributed by atoms with van der Waals surface area (Å²) in [7, 11) is 1.58. The normalized spacial score (nSPS) is 12.8. The minimum absolute atomic E-state index is 0.297. The Kier molecular flexibility index (Phi) is 6.74. The van der Waals surface area contributed by atoms with Gasteiger partial charge in [-0.2, -0.15) is 0 Å². The van der Waals surface area contributed by atoms with Crippen molar-refractivity contribution >= 4 is 17.4 Å². The highest BCUT2D eigenvalue weighted by Crippen LogP contribution is 2.25. The predicted octanol–water partition coefficient (Wildman–Crippen LogP) is 2.98. The second kappa shape index (κ2) is 9.01. The van der Waals surface area contributed by atoms with Gasteiger partial charge in [0.2, 0.25) is 0 Å². The molecular formula is C20H23NO5. The summed E-state index contributed by atoms with van der Waals surface area (Å²) in [4.78, 5) is 23.5. The van der Waals surface area contributed by atoms with Crippen molar-refractivity contribution in [2.24, 2.45) is 0 Å². The van der Waals surface area contributed by atoms with Crippen LogP contribution in [0.4, 0.5) is 5.69 Å². The van der Waals surface area contributed by atoms with E-state index in [1.807, 2.05) is 0 Å². The van der Waals surface area contributed by atoms with Crippen LogP contribution >= 0.6 is 0 Å². The molecule has 26 heavy (non-hydrogen) atoms. The van der Waals surface area contributed by atoms with Crippen molar-refractivity contribution in [2.45, 2.75) is 26.0 Å². The molecule has 2 aromatic carbocycles. The molecule has 138 valence electrons. The number of carbonyl (C=O) groups excluding carboxylic acids is 2. The van der Waals surface area contributed by atoms with Crippen molar-refractivity contribution in [3.8, 4) is 5.75 Å². The lowest BCUT2D eigenvalue weighted by atomic mass is 9.97. The fraction of sp³-hybridized carbons (Fsp3) is 0.300. The number of esters is 1.